The third-order valence-electron chi connectivity index (χ3n) is 8.07. The quantitative estimate of drug-likeness (QED) is 0.195. The Kier molecular flexibility index (Phi) is 8.47. The number of methoxy groups -OCH3 is 2. The summed E-state index contributed by atoms with van der Waals surface area (Å²) in [6.07, 6.45) is -4.20. The van der Waals surface area contributed by atoms with E-state index in [0.717, 1.165) is 35.3 Å². The van der Waals surface area contributed by atoms with Crippen molar-refractivity contribution in [2.45, 2.75) is 55.9 Å². The minimum atomic E-state index is -1.61. The predicted molar refractivity (Wildman–Crippen MR) is 141 cm³/mol. The van der Waals surface area contributed by atoms with Crippen LogP contribution < -0.4 is 10.1 Å². The molecule has 1 aromatic heterocycles. The number of hydrogen-bond donors (Lipinski definition) is 6. The zero-order chi connectivity index (χ0) is 28.6. The van der Waals surface area contributed by atoms with Crippen LogP contribution in [0, 0.1) is 11.8 Å². The summed E-state index contributed by atoms with van der Waals surface area (Å²) in [6.45, 7) is 4.08. The highest BCUT2D eigenvalue weighted by molar-refractivity contribution is 5.89. The summed E-state index contributed by atoms with van der Waals surface area (Å²) in [7, 11) is 2.93. The largest absolute Gasteiger partial charge is 0.497 e. The zero-order valence-corrected chi connectivity index (χ0v) is 22.4. The molecule has 1 saturated heterocycles. The molecule has 0 spiro atoms. The summed E-state index contributed by atoms with van der Waals surface area (Å²) < 4.78 is 27.7. The lowest BCUT2D eigenvalue weighted by atomic mass is 9.78. The number of ether oxygens (including phenoxy) is 5. The van der Waals surface area contributed by atoms with Gasteiger partial charge in [-0.25, -0.2) is 4.79 Å². The Morgan fingerprint density at radius 2 is 1.98 bits per heavy atom. The van der Waals surface area contributed by atoms with Crippen molar-refractivity contribution in [1.29, 1.82) is 0 Å². The number of rotatable bonds is 8. The van der Waals surface area contributed by atoms with E-state index in [0.29, 0.717) is 12.0 Å². The molecule has 0 aliphatic carbocycles. The minimum absolute atomic E-state index is 0.159. The van der Waals surface area contributed by atoms with E-state index in [1.54, 1.807) is 13.2 Å². The number of carbonyl (C=O) groups excluding carboxylic acids is 1. The molecule has 12 heteroatoms. The molecule has 218 valence electrons. The maximum Gasteiger partial charge on any atom is 0.337 e. The van der Waals surface area contributed by atoms with E-state index in [2.05, 4.69) is 16.9 Å². The average molecular weight is 561 g/mol. The highest BCUT2D eigenvalue weighted by atomic mass is 16.8. The monoisotopic (exact) mass is 560 g/mol. The third kappa shape index (κ3) is 5.12. The molecule has 3 aliphatic heterocycles. The number of aliphatic hydroxyl groups excluding tert-OH is 4. The second-order valence-corrected chi connectivity index (χ2v) is 10.2. The molecule has 0 bridgehead atoms. The maximum absolute atomic E-state index is 12.8. The fourth-order valence-corrected chi connectivity index (χ4v) is 5.90. The standard InChI is InChI=1S/C28H36N2O10/c1-4-14-16(10-20-22-15(7-8-29-20)17-9-13(36-2)5-6-19(17)30-22)18(26(35)37-3)12-38-27(14)40-28-25(34)24(33)23(32)21(11-31)39-28/h4-6,9,12,14,16,20-21,23-25,27-34H,1,7-8,10-11H2,2-3H3/t14-,16+,20+,21?,23?,24?,25?,27+,28?/m1/s1. The first-order chi connectivity index (χ1) is 19.3. The van der Waals surface area contributed by atoms with Crippen molar-refractivity contribution in [2.75, 3.05) is 27.4 Å². The van der Waals surface area contributed by atoms with E-state index in [9.17, 15) is 25.2 Å². The first-order valence-corrected chi connectivity index (χ1v) is 13.3. The first kappa shape index (κ1) is 28.6. The predicted octanol–water partition coefficient (Wildman–Crippen LogP) is 0.402. The summed E-state index contributed by atoms with van der Waals surface area (Å²) in [5.41, 5.74) is 3.48. The summed E-state index contributed by atoms with van der Waals surface area (Å²) in [5, 5.41) is 45.0. The van der Waals surface area contributed by atoms with Gasteiger partial charge >= 0.3 is 5.97 Å². The van der Waals surface area contributed by atoms with Gasteiger partial charge in [0.15, 0.2) is 6.29 Å². The van der Waals surface area contributed by atoms with E-state index in [4.69, 9.17) is 23.7 Å². The van der Waals surface area contributed by atoms with Gasteiger partial charge in [0, 0.05) is 34.5 Å². The second kappa shape index (κ2) is 11.9. The van der Waals surface area contributed by atoms with Gasteiger partial charge in [0.2, 0.25) is 6.29 Å². The van der Waals surface area contributed by atoms with Crippen molar-refractivity contribution in [3.8, 4) is 5.75 Å². The first-order valence-electron chi connectivity index (χ1n) is 13.3. The van der Waals surface area contributed by atoms with Crippen LogP contribution in [0.1, 0.15) is 23.7 Å². The second-order valence-electron chi connectivity index (χ2n) is 10.2. The third-order valence-corrected chi connectivity index (χ3v) is 8.07. The van der Waals surface area contributed by atoms with Gasteiger partial charge in [0.1, 0.15) is 30.2 Å². The van der Waals surface area contributed by atoms with Gasteiger partial charge in [-0.05, 0) is 43.1 Å². The minimum Gasteiger partial charge on any atom is -0.497 e. The average Bonchev–Trinajstić information content (AvgIpc) is 3.36. The smallest absolute Gasteiger partial charge is 0.337 e. The van der Waals surface area contributed by atoms with Crippen LogP contribution in [0.2, 0.25) is 0 Å². The fourth-order valence-electron chi connectivity index (χ4n) is 5.90. The van der Waals surface area contributed by atoms with Crippen LogP contribution in [0.4, 0.5) is 0 Å². The summed E-state index contributed by atoms with van der Waals surface area (Å²) in [6, 6.07) is 5.74. The van der Waals surface area contributed by atoms with Gasteiger partial charge in [0.25, 0.3) is 0 Å². The number of esters is 1. The Morgan fingerprint density at radius 1 is 1.18 bits per heavy atom. The van der Waals surface area contributed by atoms with Crippen LogP contribution in [0.25, 0.3) is 10.9 Å². The molecule has 5 unspecified atom stereocenters. The van der Waals surface area contributed by atoms with Crippen molar-refractivity contribution in [1.82, 2.24) is 10.3 Å². The van der Waals surface area contributed by atoms with E-state index in [1.165, 1.54) is 18.9 Å². The molecule has 9 atom stereocenters. The van der Waals surface area contributed by atoms with Crippen LogP contribution in [-0.2, 0) is 30.2 Å². The topological polar surface area (TPSA) is 172 Å². The molecule has 2 aromatic rings. The van der Waals surface area contributed by atoms with Crippen molar-refractivity contribution in [3.05, 3.63) is 53.9 Å². The molecule has 6 N–H and O–H groups in total. The Bertz CT molecular complexity index is 1260. The van der Waals surface area contributed by atoms with Gasteiger partial charge in [-0.2, -0.15) is 0 Å². The molecule has 40 heavy (non-hydrogen) atoms. The zero-order valence-electron chi connectivity index (χ0n) is 22.4. The number of fused-ring (bicyclic) bond motifs is 3. The summed E-state index contributed by atoms with van der Waals surface area (Å²) in [5.74, 6) is -0.855. The number of carbonyl (C=O) groups is 1. The fraction of sp³-hybridized carbons (Fsp3) is 0.536. The lowest BCUT2D eigenvalue weighted by molar-refractivity contribution is -0.339. The molecule has 4 heterocycles. The van der Waals surface area contributed by atoms with Crippen molar-refractivity contribution in [2.24, 2.45) is 11.8 Å². The van der Waals surface area contributed by atoms with Gasteiger partial charge in [-0.15, -0.1) is 6.58 Å². The lowest BCUT2D eigenvalue weighted by Crippen LogP contribution is -2.60. The van der Waals surface area contributed by atoms with Crippen LogP contribution in [0.3, 0.4) is 0 Å². The van der Waals surface area contributed by atoms with E-state index in [-0.39, 0.29) is 6.04 Å². The van der Waals surface area contributed by atoms with Gasteiger partial charge in [0.05, 0.1) is 32.7 Å². The molecule has 3 aliphatic rings. The number of benzene rings is 1. The van der Waals surface area contributed by atoms with Crippen molar-refractivity contribution >= 4 is 16.9 Å². The molecule has 0 amide bonds. The van der Waals surface area contributed by atoms with Crippen molar-refractivity contribution in [3.63, 3.8) is 0 Å². The van der Waals surface area contributed by atoms with Crippen LogP contribution >= 0.6 is 0 Å². The number of aromatic amines is 1. The SMILES string of the molecule is C=C[C@H]1[C@H](OC2OC(CO)C(O)C(O)C2O)OC=C(C(=O)OC)[C@H]1C[C@@H]1NCCc2c1[nH]c1ccc(OC)cc21. The van der Waals surface area contributed by atoms with Crippen LogP contribution in [0.5, 0.6) is 5.75 Å². The Morgan fingerprint density at radius 3 is 2.67 bits per heavy atom. The van der Waals surface area contributed by atoms with Gasteiger partial charge in [-0.1, -0.05) is 6.08 Å². The normalized spacial score (nSPS) is 34.0. The van der Waals surface area contributed by atoms with Crippen LogP contribution in [0.15, 0.2) is 42.7 Å². The number of hydrogen-bond acceptors (Lipinski definition) is 11. The highest BCUT2D eigenvalue weighted by Gasteiger charge is 2.48. The Labute approximate surface area is 231 Å². The lowest BCUT2D eigenvalue weighted by Gasteiger charge is -2.43. The summed E-state index contributed by atoms with van der Waals surface area (Å²) >= 11 is 0. The maximum atomic E-state index is 12.8. The Balaban J connectivity index is 1.43. The van der Waals surface area contributed by atoms with Gasteiger partial charge < -0.3 is 54.4 Å². The number of aliphatic hydroxyl groups is 4. The summed E-state index contributed by atoms with van der Waals surface area (Å²) in [4.78, 5) is 16.3. The number of H-pyrrole nitrogens is 1. The molecule has 0 saturated carbocycles. The number of aromatic nitrogens is 1. The number of nitrogens with one attached hydrogen (secondary N) is 2. The molecular formula is C28H36N2O10. The molecular weight excluding hydrogens is 524 g/mol. The van der Waals surface area contributed by atoms with Crippen LogP contribution in [-0.4, -0.2) is 95.7 Å². The Hall–Kier alpha value is -2.97. The van der Waals surface area contributed by atoms with E-state index >= 15 is 0 Å². The van der Waals surface area contributed by atoms with Crippen molar-refractivity contribution < 1.29 is 48.9 Å². The molecule has 5 rings (SSSR count). The molecule has 1 aromatic carbocycles. The van der Waals surface area contributed by atoms with E-state index in [1.807, 2.05) is 18.2 Å². The molecule has 0 radical (unpaired) electrons. The molecule has 12 nitrogen and oxygen atoms in total. The van der Waals surface area contributed by atoms with E-state index < -0.39 is 61.4 Å². The molecule has 1 fully saturated rings. The highest BCUT2D eigenvalue weighted by Crippen LogP contribution is 2.42. The van der Waals surface area contributed by atoms with Gasteiger partial charge in [-0.3, -0.25) is 0 Å².